The van der Waals surface area contributed by atoms with Gasteiger partial charge in [0.15, 0.2) is 5.88 Å². The van der Waals surface area contributed by atoms with Crippen LogP contribution in [0.15, 0.2) is 66.7 Å². The molecule has 2 aromatic heterocycles. The Hall–Kier alpha value is -3.31. The first-order valence-corrected chi connectivity index (χ1v) is 12.4. The molecule has 1 saturated carbocycles. The Bertz CT molecular complexity index is 1340. The zero-order valence-electron chi connectivity index (χ0n) is 19.9. The summed E-state index contributed by atoms with van der Waals surface area (Å²) in [6, 6.07) is 22.3. The lowest BCUT2D eigenvalue weighted by atomic mass is 9.70. The molecule has 180 valence electrons. The number of ether oxygens (including phenoxy) is 1. The van der Waals surface area contributed by atoms with Crippen LogP contribution in [0.1, 0.15) is 39.5 Å². The zero-order valence-corrected chi connectivity index (χ0v) is 20.7. The number of halogens is 1. The highest BCUT2D eigenvalue weighted by atomic mass is 35.5. The first kappa shape index (κ1) is 23.4. The van der Waals surface area contributed by atoms with E-state index in [9.17, 15) is 9.90 Å². The minimum Gasteiger partial charge on any atom is -0.481 e. The predicted octanol–water partition coefficient (Wildman–Crippen LogP) is 7.60. The predicted molar refractivity (Wildman–Crippen MR) is 140 cm³/mol. The largest absolute Gasteiger partial charge is 0.481 e. The topological polar surface area (TPSA) is 75.2 Å². The van der Waals surface area contributed by atoms with Crippen LogP contribution in [0.2, 0.25) is 5.02 Å². The average Bonchev–Trinajstić information content (AvgIpc) is 3.25. The van der Waals surface area contributed by atoms with Gasteiger partial charge < -0.3 is 14.8 Å². The number of pyridine rings is 1. The lowest BCUT2D eigenvalue weighted by molar-refractivity contribution is -0.151. The van der Waals surface area contributed by atoms with Crippen LogP contribution < -0.4 is 4.74 Å². The summed E-state index contributed by atoms with van der Waals surface area (Å²) < 4.78 is 6.23. The van der Waals surface area contributed by atoms with E-state index in [2.05, 4.69) is 29.2 Å². The van der Waals surface area contributed by atoms with Crippen LogP contribution in [0.3, 0.4) is 0 Å². The summed E-state index contributed by atoms with van der Waals surface area (Å²) in [5.74, 6) is 0.103. The molecular weight excluding hydrogens is 460 g/mol. The van der Waals surface area contributed by atoms with E-state index in [-0.39, 0.29) is 12.0 Å². The number of nitrogens with zero attached hydrogens (tertiary/aromatic N) is 1. The van der Waals surface area contributed by atoms with Gasteiger partial charge >= 0.3 is 5.97 Å². The van der Waals surface area contributed by atoms with Gasteiger partial charge in [0.05, 0.1) is 27.2 Å². The first-order chi connectivity index (χ1) is 16.8. The molecule has 1 fully saturated rings. The normalized spacial score (nSPS) is 18.5. The van der Waals surface area contributed by atoms with E-state index in [1.165, 1.54) is 5.56 Å². The maximum atomic E-state index is 11.6. The number of benzene rings is 2. The van der Waals surface area contributed by atoms with Crippen molar-refractivity contribution in [3.63, 3.8) is 0 Å². The van der Waals surface area contributed by atoms with Gasteiger partial charge in [-0.1, -0.05) is 66.2 Å². The van der Waals surface area contributed by atoms with E-state index in [0.29, 0.717) is 10.9 Å². The number of aromatic amines is 1. The number of carbonyl (C=O) groups is 1. The molecule has 0 amide bonds. The van der Waals surface area contributed by atoms with E-state index in [1.807, 2.05) is 56.3 Å². The van der Waals surface area contributed by atoms with Gasteiger partial charge in [-0.25, -0.2) is 4.98 Å². The van der Waals surface area contributed by atoms with Gasteiger partial charge in [-0.3, -0.25) is 4.79 Å². The maximum Gasteiger partial charge on any atom is 0.309 e. The van der Waals surface area contributed by atoms with Crippen LogP contribution in [-0.2, 0) is 4.79 Å². The van der Waals surface area contributed by atoms with Crippen LogP contribution in [0.25, 0.3) is 33.4 Å². The minimum atomic E-state index is -0.731. The highest BCUT2D eigenvalue weighted by Gasteiger charge is 2.39. The number of carboxylic acid groups (broad SMARTS) is 1. The number of fused-ring (bicyclic) bond motifs is 1. The van der Waals surface area contributed by atoms with Gasteiger partial charge in [-0.15, -0.1) is 0 Å². The SMILES string of the molecule is CC(C)(C(=O)O)C1CCC(Oc2cc3nc(-c4ccc(-c5ccccc5)cc4)c(Cl)cc3[nH]2)CC1. The van der Waals surface area contributed by atoms with Crippen molar-refractivity contribution in [2.24, 2.45) is 11.3 Å². The van der Waals surface area contributed by atoms with Gasteiger partial charge in [0.1, 0.15) is 6.10 Å². The summed E-state index contributed by atoms with van der Waals surface area (Å²) >= 11 is 6.61. The van der Waals surface area contributed by atoms with Gasteiger partial charge in [-0.2, -0.15) is 0 Å². The number of rotatable bonds is 6. The third-order valence-electron chi connectivity index (χ3n) is 7.34. The quantitative estimate of drug-likeness (QED) is 0.293. The maximum absolute atomic E-state index is 11.6. The average molecular weight is 489 g/mol. The Morgan fingerprint density at radius 1 is 0.971 bits per heavy atom. The molecule has 0 atom stereocenters. The monoisotopic (exact) mass is 488 g/mol. The van der Waals surface area contributed by atoms with Crippen LogP contribution in [0.4, 0.5) is 0 Å². The fraction of sp³-hybridized carbons (Fsp3) is 0.310. The lowest BCUT2D eigenvalue weighted by Gasteiger charge is -2.36. The Morgan fingerprint density at radius 3 is 2.26 bits per heavy atom. The molecule has 2 aromatic carbocycles. The fourth-order valence-corrected chi connectivity index (χ4v) is 5.24. The van der Waals surface area contributed by atoms with E-state index in [0.717, 1.165) is 53.5 Å². The van der Waals surface area contributed by atoms with Crippen molar-refractivity contribution in [3.8, 4) is 28.3 Å². The van der Waals surface area contributed by atoms with Crippen molar-refractivity contribution >= 4 is 28.6 Å². The molecular formula is C29H29ClN2O3. The van der Waals surface area contributed by atoms with Crippen molar-refractivity contribution in [1.29, 1.82) is 0 Å². The van der Waals surface area contributed by atoms with Gasteiger partial charge in [0, 0.05) is 11.6 Å². The van der Waals surface area contributed by atoms with Crippen molar-refractivity contribution in [3.05, 3.63) is 71.8 Å². The molecule has 4 aromatic rings. The number of H-pyrrole nitrogens is 1. The molecule has 35 heavy (non-hydrogen) atoms. The number of nitrogens with one attached hydrogen (secondary N) is 1. The number of hydrogen-bond donors (Lipinski definition) is 2. The van der Waals surface area contributed by atoms with Crippen molar-refractivity contribution in [1.82, 2.24) is 9.97 Å². The highest BCUT2D eigenvalue weighted by molar-refractivity contribution is 6.33. The molecule has 1 aliphatic carbocycles. The molecule has 0 radical (unpaired) electrons. The van der Waals surface area contributed by atoms with Crippen LogP contribution >= 0.6 is 11.6 Å². The van der Waals surface area contributed by atoms with E-state index in [4.69, 9.17) is 21.3 Å². The summed E-state index contributed by atoms with van der Waals surface area (Å²) in [6.45, 7) is 3.64. The highest BCUT2D eigenvalue weighted by Crippen LogP contribution is 2.40. The molecule has 0 spiro atoms. The molecule has 6 heteroatoms. The summed E-state index contributed by atoms with van der Waals surface area (Å²) in [7, 11) is 0. The summed E-state index contributed by atoms with van der Waals surface area (Å²) in [6.07, 6.45) is 3.42. The second kappa shape index (κ2) is 9.38. The van der Waals surface area contributed by atoms with Gasteiger partial charge in [0.25, 0.3) is 0 Å². The molecule has 0 bridgehead atoms. The summed E-state index contributed by atoms with van der Waals surface area (Å²) in [5.41, 5.74) is 4.93. The smallest absolute Gasteiger partial charge is 0.309 e. The summed E-state index contributed by atoms with van der Waals surface area (Å²) in [5, 5.41) is 10.1. The molecule has 2 N–H and O–H groups in total. The third-order valence-corrected chi connectivity index (χ3v) is 7.62. The molecule has 0 unspecified atom stereocenters. The lowest BCUT2D eigenvalue weighted by Crippen LogP contribution is -2.37. The molecule has 5 rings (SSSR count). The zero-order chi connectivity index (χ0) is 24.6. The van der Waals surface area contributed by atoms with Gasteiger partial charge in [0.2, 0.25) is 0 Å². The Kier molecular flexibility index (Phi) is 6.28. The van der Waals surface area contributed by atoms with Crippen molar-refractivity contribution in [2.45, 2.75) is 45.6 Å². The fourth-order valence-electron chi connectivity index (χ4n) is 4.98. The van der Waals surface area contributed by atoms with Crippen molar-refractivity contribution < 1.29 is 14.6 Å². The Labute approximate surface area is 210 Å². The van der Waals surface area contributed by atoms with Gasteiger partial charge in [-0.05, 0) is 62.6 Å². The Balaban J connectivity index is 1.31. The number of carboxylic acids is 1. The van der Waals surface area contributed by atoms with E-state index in [1.54, 1.807) is 0 Å². The second-order valence-corrected chi connectivity index (χ2v) is 10.4. The van der Waals surface area contributed by atoms with Crippen molar-refractivity contribution in [2.75, 3.05) is 0 Å². The number of aliphatic carboxylic acids is 1. The number of hydrogen-bond acceptors (Lipinski definition) is 3. The minimum absolute atomic E-state index is 0.0596. The van der Waals surface area contributed by atoms with E-state index < -0.39 is 11.4 Å². The number of aromatic nitrogens is 2. The van der Waals surface area contributed by atoms with Crippen LogP contribution in [0, 0.1) is 11.3 Å². The molecule has 2 heterocycles. The Morgan fingerprint density at radius 2 is 1.60 bits per heavy atom. The first-order valence-electron chi connectivity index (χ1n) is 12.1. The molecule has 0 saturated heterocycles. The molecule has 1 aliphatic rings. The summed E-state index contributed by atoms with van der Waals surface area (Å²) in [4.78, 5) is 19.7. The van der Waals surface area contributed by atoms with Crippen LogP contribution in [0.5, 0.6) is 5.88 Å². The van der Waals surface area contributed by atoms with E-state index >= 15 is 0 Å². The third kappa shape index (κ3) is 4.78. The molecule has 0 aliphatic heterocycles. The van der Waals surface area contributed by atoms with Crippen LogP contribution in [-0.4, -0.2) is 27.1 Å². The second-order valence-electron chi connectivity index (χ2n) is 9.95. The standard InChI is InChI=1S/C29H29ClN2O3/c1-29(2,28(33)34)21-12-14-22(15-13-21)35-26-17-25-24(31-26)16-23(30)27(32-25)20-10-8-19(9-11-20)18-6-4-3-5-7-18/h3-11,16-17,21-22,31H,12-15H2,1-2H3,(H,33,34). The molecule has 5 nitrogen and oxygen atoms in total.